The van der Waals surface area contributed by atoms with Crippen LogP contribution >= 0.6 is 11.8 Å². The Morgan fingerprint density at radius 3 is 1.64 bits per heavy atom. The van der Waals surface area contributed by atoms with Crippen LogP contribution in [0.1, 0.15) is 142 Å². The van der Waals surface area contributed by atoms with Crippen molar-refractivity contribution < 1.29 is 4.74 Å². The lowest BCUT2D eigenvalue weighted by Crippen LogP contribution is -2.46. The van der Waals surface area contributed by atoms with Crippen molar-refractivity contribution in [2.24, 2.45) is 0 Å². The molecule has 1 fully saturated rings. The summed E-state index contributed by atoms with van der Waals surface area (Å²) in [5.74, 6) is 3.67. The van der Waals surface area contributed by atoms with Crippen LogP contribution in [0.2, 0.25) is 0 Å². The molecule has 4 nitrogen and oxygen atoms in total. The Bertz CT molecular complexity index is 5430. The molecule has 2 aromatic heterocycles. The summed E-state index contributed by atoms with van der Waals surface area (Å²) in [5.41, 5.74) is 25.6. The van der Waals surface area contributed by atoms with E-state index in [-0.39, 0.29) is 5.41 Å². The number of ether oxygens (including phenoxy) is 1. The predicted octanol–water partition coefficient (Wildman–Crippen LogP) is 22.2. The highest BCUT2D eigenvalue weighted by Crippen LogP contribution is 2.67. The summed E-state index contributed by atoms with van der Waals surface area (Å²) in [7, 11) is 0. The molecule has 14 aromatic rings. The van der Waals surface area contributed by atoms with Gasteiger partial charge in [0.15, 0.2) is 0 Å². The molecule has 454 valence electrons. The third-order valence-corrected chi connectivity index (χ3v) is 24.8. The SMILES string of the molecule is CC1(CCC2(C)c3ccccc3C3(c4ccccc4Sc4c(C5CCC6c7ccccc7-c7nc8ccccc8n7C6C5)cccc43)c3ccccc32)c2ccccc2C2(c3ccccc3Oc3c(-c4cc(-c5ccccc5)nc5ccccc45)cccc32)c2ccccc21. The van der Waals surface area contributed by atoms with Crippen molar-refractivity contribution in [2.75, 3.05) is 0 Å². The molecule has 0 bridgehead atoms. The molecule has 3 aliphatic heterocycles. The van der Waals surface area contributed by atoms with Gasteiger partial charge in [0, 0.05) is 65.8 Å². The minimum Gasteiger partial charge on any atom is -0.456 e. The van der Waals surface area contributed by atoms with Gasteiger partial charge in [0.25, 0.3) is 0 Å². The molecule has 0 saturated heterocycles. The first kappa shape index (κ1) is 55.2. The third kappa shape index (κ3) is 7.51. The van der Waals surface area contributed by atoms with Crippen LogP contribution in [0.4, 0.5) is 0 Å². The van der Waals surface area contributed by atoms with E-state index in [1.54, 1.807) is 0 Å². The first-order chi connectivity index (χ1) is 46.9. The van der Waals surface area contributed by atoms with Gasteiger partial charge in [-0.2, -0.15) is 0 Å². The van der Waals surface area contributed by atoms with Crippen LogP contribution in [-0.4, -0.2) is 14.5 Å². The van der Waals surface area contributed by atoms with Gasteiger partial charge in [-0.15, -0.1) is 0 Å². The normalized spacial score (nSPS) is 22.7. The molecule has 12 aromatic carbocycles. The van der Waals surface area contributed by atoms with Crippen LogP contribution in [0.5, 0.6) is 11.5 Å². The lowest BCUT2D eigenvalue weighted by molar-refractivity contribution is 0.276. The molecule has 95 heavy (non-hydrogen) atoms. The monoisotopic (exact) mass is 1240 g/mol. The van der Waals surface area contributed by atoms with Gasteiger partial charge in [0.1, 0.15) is 17.3 Å². The summed E-state index contributed by atoms with van der Waals surface area (Å²) in [5, 5.41) is 1.09. The number of aromatic nitrogens is 3. The molecular weight excluding hydrogens is 1170 g/mol. The Kier molecular flexibility index (Phi) is 12.0. The molecule has 5 heterocycles. The van der Waals surface area contributed by atoms with E-state index in [9.17, 15) is 0 Å². The van der Waals surface area contributed by atoms with Crippen LogP contribution in [0.3, 0.4) is 0 Å². The van der Waals surface area contributed by atoms with Gasteiger partial charge in [0.05, 0.1) is 33.1 Å². The van der Waals surface area contributed by atoms with Crippen LogP contribution in [0.25, 0.3) is 55.7 Å². The number of para-hydroxylation sites is 5. The fourth-order valence-corrected chi connectivity index (χ4v) is 20.8. The molecular formula is C90H67N3OS. The van der Waals surface area contributed by atoms with Crippen molar-refractivity contribution in [2.45, 2.75) is 95.3 Å². The highest BCUT2D eigenvalue weighted by Gasteiger charge is 2.57. The first-order valence-electron chi connectivity index (χ1n) is 34.1. The number of hydrogen-bond donors (Lipinski definition) is 0. The average molecular weight is 1240 g/mol. The molecule has 1 saturated carbocycles. The van der Waals surface area contributed by atoms with E-state index in [4.69, 9.17) is 14.7 Å². The minimum absolute atomic E-state index is 0.299. The molecule has 3 unspecified atom stereocenters. The van der Waals surface area contributed by atoms with E-state index in [2.05, 4.69) is 310 Å². The zero-order valence-corrected chi connectivity index (χ0v) is 54.0. The second kappa shape index (κ2) is 20.6. The molecule has 6 aliphatic rings. The summed E-state index contributed by atoms with van der Waals surface area (Å²) >= 11 is 2.01. The summed E-state index contributed by atoms with van der Waals surface area (Å²) in [6.45, 7) is 5.14. The molecule has 0 amide bonds. The van der Waals surface area contributed by atoms with E-state index in [0.717, 1.165) is 99.4 Å². The molecule has 0 radical (unpaired) electrons. The van der Waals surface area contributed by atoms with E-state index in [0.29, 0.717) is 17.9 Å². The Morgan fingerprint density at radius 1 is 0.421 bits per heavy atom. The summed E-state index contributed by atoms with van der Waals surface area (Å²) in [6.07, 6.45) is 5.12. The number of rotatable bonds is 6. The summed E-state index contributed by atoms with van der Waals surface area (Å²) < 4.78 is 10.1. The average Bonchev–Trinajstić information content (AvgIpc) is 1.16. The van der Waals surface area contributed by atoms with Gasteiger partial charge in [-0.3, -0.25) is 0 Å². The van der Waals surface area contributed by atoms with Crippen molar-refractivity contribution in [3.63, 3.8) is 0 Å². The minimum atomic E-state index is -0.713. The van der Waals surface area contributed by atoms with Crippen molar-refractivity contribution in [3.05, 3.63) is 369 Å². The molecule has 5 heteroatoms. The lowest BCUT2D eigenvalue weighted by Gasteiger charge is -2.53. The van der Waals surface area contributed by atoms with Gasteiger partial charge in [-0.25, -0.2) is 9.97 Å². The van der Waals surface area contributed by atoms with E-state index in [1.165, 1.54) is 87.6 Å². The van der Waals surface area contributed by atoms with Crippen molar-refractivity contribution >= 4 is 33.7 Å². The number of benzene rings is 12. The largest absolute Gasteiger partial charge is 0.456 e. The van der Waals surface area contributed by atoms with Gasteiger partial charge in [-0.1, -0.05) is 280 Å². The number of hydrogen-bond acceptors (Lipinski definition) is 4. The molecule has 20 rings (SSSR count). The Hall–Kier alpha value is -10.3. The Balaban J connectivity index is 0.727. The van der Waals surface area contributed by atoms with E-state index < -0.39 is 16.2 Å². The standard InChI is InChI=1S/C90H67N3OS/c1-87(65-33-9-13-37-69(65)89(70-38-14-10-34-66(70)87)73-41-17-22-48-82(73)94-84-62(32-25-43-75(84)89)64-55-79(56-26-4-3-5-27-56)91-77-45-19-8-29-60(64)77)52-53-88(2)67-35-11-15-39-71(67)90(72-40-16-12-36-68(72)88)74-42-18-23-49-83(74)95-85-58(31-24-44-76(85)90)57-50-51-61-59-28-6-7-30-63(59)86-92-78-46-20-21-47-80(78)93(86)81(61)54-57/h3-49,55,57,61,81H,50-54H2,1-2H3. The van der Waals surface area contributed by atoms with Gasteiger partial charge in [-0.05, 0) is 147 Å². The Labute approximate surface area is 559 Å². The zero-order valence-electron chi connectivity index (χ0n) is 53.1. The topological polar surface area (TPSA) is 39.9 Å². The zero-order chi connectivity index (χ0) is 62.8. The smallest absolute Gasteiger partial charge is 0.141 e. The number of nitrogens with zero attached hydrogens (tertiary/aromatic N) is 3. The number of pyridine rings is 1. The summed E-state index contributed by atoms with van der Waals surface area (Å²) in [6, 6.07) is 110. The van der Waals surface area contributed by atoms with E-state index >= 15 is 0 Å². The van der Waals surface area contributed by atoms with Crippen LogP contribution in [0.15, 0.2) is 301 Å². The van der Waals surface area contributed by atoms with E-state index in [1.807, 2.05) is 11.8 Å². The van der Waals surface area contributed by atoms with Gasteiger partial charge >= 0.3 is 0 Å². The molecule has 0 N–H and O–H groups in total. The molecule has 3 atom stereocenters. The second-order valence-corrected chi connectivity index (χ2v) is 29.0. The van der Waals surface area contributed by atoms with Crippen LogP contribution in [-0.2, 0) is 21.7 Å². The summed E-state index contributed by atoms with van der Waals surface area (Å²) in [4.78, 5) is 13.4. The number of fused-ring (bicyclic) bond motifs is 25. The van der Waals surface area contributed by atoms with Gasteiger partial charge in [0.2, 0.25) is 0 Å². The maximum absolute atomic E-state index is 7.43. The van der Waals surface area contributed by atoms with Crippen molar-refractivity contribution in [3.8, 4) is 45.3 Å². The highest BCUT2D eigenvalue weighted by atomic mass is 32.2. The predicted molar refractivity (Wildman–Crippen MR) is 386 cm³/mol. The van der Waals surface area contributed by atoms with Crippen molar-refractivity contribution in [1.82, 2.24) is 14.5 Å². The van der Waals surface area contributed by atoms with Crippen molar-refractivity contribution in [1.29, 1.82) is 0 Å². The molecule has 3 aliphatic carbocycles. The van der Waals surface area contributed by atoms with Crippen LogP contribution in [0, 0.1) is 0 Å². The van der Waals surface area contributed by atoms with Gasteiger partial charge < -0.3 is 9.30 Å². The fourth-order valence-electron chi connectivity index (χ4n) is 19.5. The maximum Gasteiger partial charge on any atom is 0.141 e. The third-order valence-electron chi connectivity index (χ3n) is 23.6. The van der Waals surface area contributed by atoms with Crippen LogP contribution < -0.4 is 4.74 Å². The quantitative estimate of drug-likeness (QED) is 0.166. The lowest BCUT2D eigenvalue weighted by atomic mass is 9.50. The fraction of sp³-hybridized carbons (Fsp3) is 0.156. The number of imidazole rings is 1. The Morgan fingerprint density at radius 2 is 0.937 bits per heavy atom. The highest BCUT2D eigenvalue weighted by molar-refractivity contribution is 7.99. The second-order valence-electron chi connectivity index (χ2n) is 28.0. The maximum atomic E-state index is 7.43. The molecule has 2 spiro atoms. The first-order valence-corrected chi connectivity index (χ1v) is 34.9.